The van der Waals surface area contributed by atoms with E-state index >= 15 is 0 Å². The highest BCUT2D eigenvalue weighted by Gasteiger charge is 2.43. The third-order valence-electron chi connectivity index (χ3n) is 3.04. The van der Waals surface area contributed by atoms with Crippen molar-refractivity contribution in [2.24, 2.45) is 0 Å². The number of hydrogen-bond donors (Lipinski definition) is 3. The molecule has 4 nitrogen and oxygen atoms in total. The molecule has 1 aliphatic heterocycles. The average molecular weight is 288 g/mol. The minimum absolute atomic E-state index is 0.308. The Labute approximate surface area is 114 Å². The van der Waals surface area contributed by atoms with Gasteiger partial charge in [0.25, 0.3) is 0 Å². The number of rotatable bonds is 2. The summed E-state index contributed by atoms with van der Waals surface area (Å²) in [6.07, 6.45) is 0. The third kappa shape index (κ3) is 2.49. The molecule has 3 atom stereocenters. The van der Waals surface area contributed by atoms with Gasteiger partial charge in [0.2, 0.25) is 0 Å². The van der Waals surface area contributed by atoms with E-state index < -0.39 is 16.9 Å². The number of carboxylic acids is 1. The first-order valence-corrected chi connectivity index (χ1v) is 6.91. The Kier molecular flexibility index (Phi) is 3.87. The van der Waals surface area contributed by atoms with Crippen LogP contribution in [0.25, 0.3) is 0 Å². The van der Waals surface area contributed by atoms with E-state index in [9.17, 15) is 9.90 Å². The van der Waals surface area contributed by atoms with Gasteiger partial charge in [-0.15, -0.1) is 11.8 Å². The van der Waals surface area contributed by atoms with Crippen LogP contribution in [0.5, 0.6) is 0 Å². The van der Waals surface area contributed by atoms with Crippen LogP contribution in [0.3, 0.4) is 0 Å². The monoisotopic (exact) mass is 287 g/mol. The molecule has 0 aromatic heterocycles. The largest absolute Gasteiger partial charge is 0.480 e. The van der Waals surface area contributed by atoms with Gasteiger partial charge >= 0.3 is 5.97 Å². The Morgan fingerprint density at radius 1 is 1.61 bits per heavy atom. The van der Waals surface area contributed by atoms with Crippen LogP contribution in [0, 0.1) is 0 Å². The molecule has 6 heteroatoms. The fourth-order valence-corrected chi connectivity index (χ4v) is 3.45. The van der Waals surface area contributed by atoms with Crippen LogP contribution in [0.1, 0.15) is 12.5 Å². The van der Waals surface area contributed by atoms with Gasteiger partial charge in [0.1, 0.15) is 6.04 Å². The van der Waals surface area contributed by atoms with Crippen molar-refractivity contribution in [3.05, 3.63) is 34.9 Å². The maximum absolute atomic E-state index is 10.9. The Morgan fingerprint density at radius 2 is 2.33 bits per heavy atom. The number of nitrogens with one attached hydrogen (secondary N) is 1. The highest BCUT2D eigenvalue weighted by atomic mass is 35.5. The van der Waals surface area contributed by atoms with Crippen molar-refractivity contribution in [2.75, 3.05) is 5.75 Å². The van der Waals surface area contributed by atoms with E-state index in [1.165, 1.54) is 11.8 Å². The highest BCUT2D eigenvalue weighted by molar-refractivity contribution is 8.00. The molecule has 0 radical (unpaired) electrons. The first kappa shape index (κ1) is 13.7. The Morgan fingerprint density at radius 3 is 2.89 bits per heavy atom. The highest BCUT2D eigenvalue weighted by Crippen LogP contribution is 2.41. The second kappa shape index (κ2) is 5.09. The molecule has 0 aliphatic carbocycles. The lowest BCUT2D eigenvalue weighted by atomic mass is 10.0. The summed E-state index contributed by atoms with van der Waals surface area (Å²) in [5.41, 5.74) is 0.684. The minimum atomic E-state index is -1.16. The number of carbonyl (C=O) groups is 1. The molecule has 2 rings (SSSR count). The molecule has 1 fully saturated rings. The first-order valence-electron chi connectivity index (χ1n) is 5.54. The standard InChI is InChI=1S/C12H14ClNO3S/c1-7-12(17,8-3-2-4-9(13)5-8)18-6-10(14-7)11(15)16/h2-5,7,10,14,17H,6H2,1H3,(H,15,16)/t7-,10-,12-/m0/s1. The second-order valence-corrected chi connectivity index (χ2v) is 5.98. The number of benzene rings is 1. The lowest BCUT2D eigenvalue weighted by molar-refractivity contribution is -0.139. The van der Waals surface area contributed by atoms with E-state index in [4.69, 9.17) is 16.7 Å². The van der Waals surface area contributed by atoms with Crippen LogP contribution in [-0.4, -0.2) is 34.0 Å². The van der Waals surface area contributed by atoms with Crippen LogP contribution in [0.15, 0.2) is 24.3 Å². The molecule has 1 saturated heterocycles. The summed E-state index contributed by atoms with van der Waals surface area (Å²) in [5.74, 6) is -0.592. The summed E-state index contributed by atoms with van der Waals surface area (Å²) in [6.45, 7) is 1.77. The molecule has 0 spiro atoms. The minimum Gasteiger partial charge on any atom is -0.480 e. The van der Waals surface area contributed by atoms with Crippen molar-refractivity contribution in [1.29, 1.82) is 0 Å². The Bertz CT molecular complexity index is 470. The zero-order chi connectivity index (χ0) is 13.3. The molecule has 1 aliphatic rings. The van der Waals surface area contributed by atoms with Crippen molar-refractivity contribution in [3.63, 3.8) is 0 Å². The summed E-state index contributed by atoms with van der Waals surface area (Å²) in [4.78, 5) is 9.77. The second-order valence-electron chi connectivity index (χ2n) is 4.30. The van der Waals surface area contributed by atoms with Gasteiger partial charge in [0, 0.05) is 16.8 Å². The fourth-order valence-electron chi connectivity index (χ4n) is 1.99. The van der Waals surface area contributed by atoms with Crippen molar-refractivity contribution < 1.29 is 15.0 Å². The fraction of sp³-hybridized carbons (Fsp3) is 0.417. The van der Waals surface area contributed by atoms with Crippen LogP contribution < -0.4 is 5.32 Å². The summed E-state index contributed by atoms with van der Waals surface area (Å²) < 4.78 is 0. The van der Waals surface area contributed by atoms with Crippen molar-refractivity contribution in [3.8, 4) is 0 Å². The summed E-state index contributed by atoms with van der Waals surface area (Å²) in [7, 11) is 0. The van der Waals surface area contributed by atoms with Crippen LogP contribution >= 0.6 is 23.4 Å². The van der Waals surface area contributed by atoms with E-state index in [-0.39, 0.29) is 6.04 Å². The number of aliphatic hydroxyl groups is 1. The number of hydrogen-bond acceptors (Lipinski definition) is 4. The van der Waals surface area contributed by atoms with Crippen molar-refractivity contribution >= 4 is 29.3 Å². The van der Waals surface area contributed by atoms with Crippen molar-refractivity contribution in [1.82, 2.24) is 5.32 Å². The maximum Gasteiger partial charge on any atom is 0.321 e. The van der Waals surface area contributed by atoms with Gasteiger partial charge < -0.3 is 10.2 Å². The predicted molar refractivity (Wildman–Crippen MR) is 71.8 cm³/mol. The predicted octanol–water partition coefficient (Wildman–Crippen LogP) is 1.66. The van der Waals surface area contributed by atoms with Crippen LogP contribution in [-0.2, 0) is 9.73 Å². The molecule has 1 aromatic rings. The van der Waals surface area contributed by atoms with Gasteiger partial charge in [0.15, 0.2) is 4.93 Å². The van der Waals surface area contributed by atoms with Gasteiger partial charge in [-0.3, -0.25) is 10.1 Å². The normalized spacial score (nSPS) is 32.2. The van der Waals surface area contributed by atoms with Gasteiger partial charge in [-0.05, 0) is 24.6 Å². The number of aliphatic carboxylic acids is 1. The molecule has 1 aromatic carbocycles. The molecule has 1 heterocycles. The Hall–Kier alpha value is -0.750. The molecule has 0 unspecified atom stereocenters. The summed E-state index contributed by atoms with van der Waals surface area (Å²) >= 11 is 7.14. The van der Waals surface area contributed by atoms with E-state index in [2.05, 4.69) is 5.32 Å². The number of halogens is 1. The van der Waals surface area contributed by atoms with Gasteiger partial charge in [-0.2, -0.15) is 0 Å². The topological polar surface area (TPSA) is 69.6 Å². The quantitative estimate of drug-likeness (QED) is 0.772. The molecule has 3 N–H and O–H groups in total. The van der Waals surface area contributed by atoms with Crippen molar-refractivity contribution in [2.45, 2.75) is 23.9 Å². The smallest absolute Gasteiger partial charge is 0.321 e. The average Bonchev–Trinajstić information content (AvgIpc) is 2.32. The zero-order valence-corrected chi connectivity index (χ0v) is 11.3. The van der Waals surface area contributed by atoms with E-state index in [1.807, 2.05) is 0 Å². The molecule has 98 valence electrons. The van der Waals surface area contributed by atoms with Gasteiger partial charge in [-0.25, -0.2) is 0 Å². The third-order valence-corrected chi connectivity index (χ3v) is 4.81. The van der Waals surface area contributed by atoms with Gasteiger partial charge in [-0.1, -0.05) is 23.7 Å². The van der Waals surface area contributed by atoms with E-state index in [1.54, 1.807) is 31.2 Å². The van der Waals surface area contributed by atoms with Crippen LogP contribution in [0.4, 0.5) is 0 Å². The zero-order valence-electron chi connectivity index (χ0n) is 9.76. The number of thioether (sulfide) groups is 1. The SMILES string of the molecule is C[C@@H]1N[C@H](C(=O)O)CS[C@]1(O)c1cccc(Cl)c1. The summed E-state index contributed by atoms with van der Waals surface area (Å²) in [6, 6.07) is 5.98. The lowest BCUT2D eigenvalue weighted by Gasteiger charge is -2.40. The Balaban J connectivity index is 2.25. The molecule has 0 saturated carbocycles. The molecule has 0 amide bonds. The maximum atomic E-state index is 10.9. The number of carboxylic acid groups (broad SMARTS) is 1. The van der Waals surface area contributed by atoms with Gasteiger partial charge in [0.05, 0.1) is 0 Å². The van der Waals surface area contributed by atoms with Crippen LogP contribution in [0.2, 0.25) is 5.02 Å². The molecule has 0 bridgehead atoms. The molecular formula is C12H14ClNO3S. The molecular weight excluding hydrogens is 274 g/mol. The molecule has 18 heavy (non-hydrogen) atoms. The van der Waals surface area contributed by atoms with E-state index in [0.29, 0.717) is 16.3 Å². The summed E-state index contributed by atoms with van der Waals surface area (Å²) in [5, 5.41) is 23.1. The lowest BCUT2D eigenvalue weighted by Crippen LogP contribution is -2.56. The first-order chi connectivity index (χ1) is 8.43. The van der Waals surface area contributed by atoms with E-state index in [0.717, 1.165) is 0 Å².